The van der Waals surface area contributed by atoms with Crippen LogP contribution in [0.25, 0.3) is 0 Å². The molecule has 0 aliphatic carbocycles. The Labute approximate surface area is 121 Å². The van der Waals surface area contributed by atoms with E-state index in [4.69, 9.17) is 5.26 Å². The van der Waals surface area contributed by atoms with Gasteiger partial charge in [0.1, 0.15) is 5.82 Å². The summed E-state index contributed by atoms with van der Waals surface area (Å²) in [6.07, 6.45) is -3.87. The predicted octanol–water partition coefficient (Wildman–Crippen LogP) is 4.14. The van der Waals surface area contributed by atoms with Crippen molar-refractivity contribution >= 4 is 23.3 Å². The maximum absolute atomic E-state index is 12.8. The number of benzene rings is 1. The molecule has 0 saturated carbocycles. The van der Waals surface area contributed by atoms with E-state index < -0.39 is 11.7 Å². The molecule has 0 amide bonds. The summed E-state index contributed by atoms with van der Waals surface area (Å²) in [4.78, 5) is 4.57. The molecular formula is C12H8F3N3S2. The molecular weight excluding hydrogens is 307 g/mol. The van der Waals surface area contributed by atoms with Gasteiger partial charge in [0.15, 0.2) is 4.34 Å². The molecule has 0 aliphatic rings. The minimum atomic E-state index is -4.54. The van der Waals surface area contributed by atoms with Gasteiger partial charge in [0.05, 0.1) is 17.2 Å². The number of alkyl halides is 3. The zero-order valence-corrected chi connectivity index (χ0v) is 11.9. The number of nitriles is 1. The van der Waals surface area contributed by atoms with Gasteiger partial charge in [0.25, 0.3) is 0 Å². The van der Waals surface area contributed by atoms with Crippen LogP contribution in [0.4, 0.5) is 13.2 Å². The van der Waals surface area contributed by atoms with Crippen molar-refractivity contribution in [1.29, 1.82) is 5.26 Å². The standard InChI is InChI=1S/C12H8F3N3S2/c1-2-10-17-11(20-18-10)19-8-4-3-7(6-16)9(5-8)12(13,14)15/h3-5H,2H2,1H3. The van der Waals surface area contributed by atoms with Crippen molar-refractivity contribution in [3.05, 3.63) is 35.2 Å². The van der Waals surface area contributed by atoms with Gasteiger partial charge in [-0.05, 0) is 29.7 Å². The summed E-state index contributed by atoms with van der Waals surface area (Å²) in [7, 11) is 0. The number of hydrogen-bond donors (Lipinski definition) is 0. The van der Waals surface area contributed by atoms with Crippen molar-refractivity contribution in [2.75, 3.05) is 0 Å². The van der Waals surface area contributed by atoms with Crippen LogP contribution in [-0.4, -0.2) is 9.36 Å². The van der Waals surface area contributed by atoms with Crippen molar-refractivity contribution in [3.8, 4) is 6.07 Å². The fourth-order valence-electron chi connectivity index (χ4n) is 1.44. The molecule has 8 heteroatoms. The van der Waals surface area contributed by atoms with E-state index in [1.54, 1.807) is 6.07 Å². The fraction of sp³-hybridized carbons (Fsp3) is 0.250. The SMILES string of the molecule is CCc1nsc(Sc2ccc(C#N)c(C(F)(F)F)c2)n1. The average molecular weight is 315 g/mol. The van der Waals surface area contributed by atoms with Gasteiger partial charge in [-0.2, -0.15) is 22.8 Å². The highest BCUT2D eigenvalue weighted by Crippen LogP contribution is 2.36. The summed E-state index contributed by atoms with van der Waals surface area (Å²) in [5.74, 6) is 0.669. The Kier molecular flexibility index (Phi) is 4.30. The molecule has 3 nitrogen and oxygen atoms in total. The van der Waals surface area contributed by atoms with Gasteiger partial charge in [-0.1, -0.05) is 18.7 Å². The number of nitrogens with zero attached hydrogens (tertiary/aromatic N) is 3. The van der Waals surface area contributed by atoms with Crippen LogP contribution in [0.1, 0.15) is 23.9 Å². The summed E-state index contributed by atoms with van der Waals surface area (Å²) in [6.45, 7) is 1.90. The Hall–Kier alpha value is -1.59. The molecule has 0 spiro atoms. The lowest BCUT2D eigenvalue weighted by molar-refractivity contribution is -0.137. The molecule has 2 rings (SSSR count). The first-order chi connectivity index (χ1) is 9.44. The first-order valence-electron chi connectivity index (χ1n) is 5.56. The third-order valence-electron chi connectivity index (χ3n) is 2.39. The Morgan fingerprint density at radius 2 is 2.15 bits per heavy atom. The molecule has 1 aromatic heterocycles. The lowest BCUT2D eigenvalue weighted by atomic mass is 10.1. The van der Waals surface area contributed by atoms with Gasteiger partial charge in [-0.3, -0.25) is 0 Å². The Balaban J connectivity index is 2.32. The molecule has 0 saturated heterocycles. The van der Waals surface area contributed by atoms with Crippen LogP contribution in [-0.2, 0) is 12.6 Å². The van der Waals surface area contributed by atoms with Crippen molar-refractivity contribution in [2.24, 2.45) is 0 Å². The molecule has 0 unspecified atom stereocenters. The van der Waals surface area contributed by atoms with Gasteiger partial charge < -0.3 is 0 Å². The minimum absolute atomic E-state index is 0.381. The van der Waals surface area contributed by atoms with E-state index in [1.807, 2.05) is 6.92 Å². The van der Waals surface area contributed by atoms with Crippen molar-refractivity contribution in [3.63, 3.8) is 0 Å². The Morgan fingerprint density at radius 3 is 2.70 bits per heavy atom. The number of halogens is 3. The molecule has 0 fully saturated rings. The highest BCUT2D eigenvalue weighted by Gasteiger charge is 2.33. The molecule has 2 aromatic rings. The zero-order chi connectivity index (χ0) is 14.8. The number of aromatic nitrogens is 2. The van der Waals surface area contributed by atoms with Gasteiger partial charge in [0, 0.05) is 11.3 Å². The highest BCUT2D eigenvalue weighted by atomic mass is 32.2. The molecule has 0 bridgehead atoms. The largest absolute Gasteiger partial charge is 0.417 e. The number of rotatable bonds is 3. The van der Waals surface area contributed by atoms with E-state index in [2.05, 4.69) is 9.36 Å². The molecule has 1 heterocycles. The van der Waals surface area contributed by atoms with Gasteiger partial charge in [-0.25, -0.2) is 4.98 Å². The molecule has 0 atom stereocenters. The summed E-state index contributed by atoms with van der Waals surface area (Å²) in [6, 6.07) is 5.17. The van der Waals surface area contributed by atoms with Gasteiger partial charge in [0.2, 0.25) is 0 Å². The minimum Gasteiger partial charge on any atom is -0.213 e. The van der Waals surface area contributed by atoms with E-state index in [0.717, 1.165) is 29.4 Å². The Bertz CT molecular complexity index is 659. The third-order valence-corrected chi connectivity index (χ3v) is 4.17. The van der Waals surface area contributed by atoms with Crippen LogP contribution in [0, 0.1) is 11.3 Å². The van der Waals surface area contributed by atoms with Crippen LogP contribution in [0.2, 0.25) is 0 Å². The van der Waals surface area contributed by atoms with Crippen molar-refractivity contribution in [2.45, 2.75) is 28.8 Å². The van der Waals surface area contributed by atoms with Gasteiger partial charge in [-0.15, -0.1) is 0 Å². The smallest absolute Gasteiger partial charge is 0.213 e. The third kappa shape index (κ3) is 3.29. The first kappa shape index (κ1) is 14.8. The van der Waals surface area contributed by atoms with E-state index in [1.165, 1.54) is 12.1 Å². The van der Waals surface area contributed by atoms with E-state index in [-0.39, 0.29) is 5.56 Å². The number of aryl methyl sites for hydroxylation is 1. The quantitative estimate of drug-likeness (QED) is 0.854. The summed E-state index contributed by atoms with van der Waals surface area (Å²) >= 11 is 2.26. The van der Waals surface area contributed by atoms with E-state index in [9.17, 15) is 13.2 Å². The monoisotopic (exact) mass is 315 g/mol. The van der Waals surface area contributed by atoms with E-state index in [0.29, 0.717) is 21.5 Å². The fourth-order valence-corrected chi connectivity index (χ4v) is 3.16. The zero-order valence-electron chi connectivity index (χ0n) is 10.2. The van der Waals surface area contributed by atoms with Crippen molar-refractivity contribution < 1.29 is 13.2 Å². The second-order valence-electron chi connectivity index (χ2n) is 3.75. The lowest BCUT2D eigenvalue weighted by Gasteiger charge is -2.09. The molecule has 0 radical (unpaired) electrons. The summed E-state index contributed by atoms with van der Waals surface area (Å²) < 4.78 is 43.1. The van der Waals surface area contributed by atoms with E-state index >= 15 is 0 Å². The first-order valence-corrected chi connectivity index (χ1v) is 7.14. The maximum atomic E-state index is 12.8. The number of hydrogen-bond acceptors (Lipinski definition) is 5. The molecule has 1 aromatic carbocycles. The molecule has 20 heavy (non-hydrogen) atoms. The van der Waals surface area contributed by atoms with Crippen LogP contribution < -0.4 is 0 Å². The summed E-state index contributed by atoms with van der Waals surface area (Å²) in [5, 5.41) is 8.72. The van der Waals surface area contributed by atoms with Crippen LogP contribution in [0.15, 0.2) is 27.4 Å². The van der Waals surface area contributed by atoms with Gasteiger partial charge >= 0.3 is 6.18 Å². The second kappa shape index (κ2) is 5.81. The predicted molar refractivity (Wildman–Crippen MR) is 69.6 cm³/mol. The topological polar surface area (TPSA) is 49.6 Å². The Morgan fingerprint density at radius 1 is 1.40 bits per heavy atom. The van der Waals surface area contributed by atoms with Crippen LogP contribution in [0.3, 0.4) is 0 Å². The molecule has 0 aliphatic heterocycles. The lowest BCUT2D eigenvalue weighted by Crippen LogP contribution is -2.07. The van der Waals surface area contributed by atoms with Crippen LogP contribution >= 0.6 is 23.3 Å². The highest BCUT2D eigenvalue weighted by molar-refractivity contribution is 8.01. The normalized spacial score (nSPS) is 11.3. The average Bonchev–Trinajstić information content (AvgIpc) is 2.85. The molecule has 104 valence electrons. The van der Waals surface area contributed by atoms with Crippen LogP contribution in [0.5, 0.6) is 0 Å². The second-order valence-corrected chi connectivity index (χ2v) is 5.82. The maximum Gasteiger partial charge on any atom is 0.417 e. The molecule has 0 N–H and O–H groups in total. The summed E-state index contributed by atoms with van der Waals surface area (Å²) in [5.41, 5.74) is -1.31. The van der Waals surface area contributed by atoms with Crippen molar-refractivity contribution in [1.82, 2.24) is 9.36 Å².